The molecule has 13 heteroatoms. The van der Waals surface area contributed by atoms with Crippen molar-refractivity contribution in [1.29, 1.82) is 0 Å². The molecule has 2 aliphatic heterocycles. The van der Waals surface area contributed by atoms with Gasteiger partial charge in [-0.1, -0.05) is 31.4 Å². The maximum absolute atomic E-state index is 14.3. The normalized spacial score (nSPS) is 18.1. The third-order valence-corrected chi connectivity index (χ3v) is 7.56. The summed E-state index contributed by atoms with van der Waals surface area (Å²) in [4.78, 5) is 56.6. The molecule has 2 fully saturated rings. The predicted octanol–water partition coefficient (Wildman–Crippen LogP) is 2.32. The van der Waals surface area contributed by atoms with Gasteiger partial charge in [0, 0.05) is 25.8 Å². The van der Waals surface area contributed by atoms with E-state index in [1.165, 1.54) is 16.8 Å². The molecule has 2 aromatic rings. The van der Waals surface area contributed by atoms with Gasteiger partial charge in [0.15, 0.2) is 0 Å². The van der Waals surface area contributed by atoms with Crippen molar-refractivity contribution in [2.75, 3.05) is 25.0 Å². The number of urea groups is 1. The second-order valence-corrected chi connectivity index (χ2v) is 10.6. The number of halogens is 4. The zero-order valence-corrected chi connectivity index (χ0v) is 22.5. The molecule has 0 radical (unpaired) electrons. The number of hydrogen-bond acceptors (Lipinski definition) is 4. The first-order chi connectivity index (χ1) is 18.7. The van der Waals surface area contributed by atoms with Crippen LogP contribution in [0.15, 0.2) is 42.5 Å². The fraction of sp³-hybridized carbons (Fsp3) is 0.407. The Morgan fingerprint density at radius 2 is 1.62 bits per heavy atom. The number of carbonyl (C=O) groups is 4. The predicted molar refractivity (Wildman–Crippen MR) is 141 cm³/mol. The summed E-state index contributed by atoms with van der Waals surface area (Å²) >= 11 is 0. The van der Waals surface area contributed by atoms with Crippen LogP contribution in [0.2, 0.25) is 0 Å². The highest BCUT2D eigenvalue weighted by Gasteiger charge is 2.58. The topological polar surface area (TPSA) is 90.0 Å². The van der Waals surface area contributed by atoms with E-state index < -0.39 is 58.5 Å². The highest BCUT2D eigenvalue weighted by atomic mass is 19.4. The van der Waals surface area contributed by atoms with Crippen molar-refractivity contribution in [3.8, 4) is 0 Å². The number of carbonyl (C=O) groups excluding carboxylic acids is 4. The average molecular weight is 560 g/mol. The van der Waals surface area contributed by atoms with E-state index in [1.807, 2.05) is 20.0 Å². The minimum Gasteiger partial charge on any atom is -0.341 e. The van der Waals surface area contributed by atoms with Gasteiger partial charge in [0.25, 0.3) is 11.8 Å². The van der Waals surface area contributed by atoms with Crippen LogP contribution in [0.25, 0.3) is 0 Å². The SMILES string of the molecule is Bc1ccc(N2C(=O)N(C)C(=O)C23CCN(C(=O)C(NC(=O)c2cc(C(F)(F)F)ccc2F)C(C)C)CC3)cc1. The lowest BCUT2D eigenvalue weighted by molar-refractivity contribution is -0.139. The zero-order chi connectivity index (χ0) is 29.6. The van der Waals surface area contributed by atoms with E-state index in [1.54, 1.807) is 26.0 Å². The van der Waals surface area contributed by atoms with Crippen molar-refractivity contribution in [1.82, 2.24) is 15.1 Å². The molecule has 0 aromatic heterocycles. The van der Waals surface area contributed by atoms with Crippen LogP contribution in [0, 0.1) is 11.7 Å². The van der Waals surface area contributed by atoms with Crippen LogP contribution >= 0.6 is 0 Å². The molecular formula is C27H29BF4N4O4. The molecule has 1 unspecified atom stereocenters. The Labute approximate surface area is 229 Å². The van der Waals surface area contributed by atoms with E-state index in [-0.39, 0.29) is 31.8 Å². The van der Waals surface area contributed by atoms with E-state index >= 15 is 0 Å². The summed E-state index contributed by atoms with van der Waals surface area (Å²) in [6.07, 6.45) is -4.50. The van der Waals surface area contributed by atoms with Gasteiger partial charge in [0.1, 0.15) is 25.2 Å². The lowest BCUT2D eigenvalue weighted by atomic mass is 9.84. The van der Waals surface area contributed by atoms with Crippen LogP contribution in [-0.4, -0.2) is 73.1 Å². The van der Waals surface area contributed by atoms with Crippen LogP contribution in [-0.2, 0) is 15.8 Å². The maximum atomic E-state index is 14.3. The maximum Gasteiger partial charge on any atom is 0.416 e. The molecule has 2 heterocycles. The van der Waals surface area contributed by atoms with Gasteiger partial charge in [-0.15, -0.1) is 0 Å². The Hall–Kier alpha value is -3.90. The molecule has 5 amide bonds. The van der Waals surface area contributed by atoms with E-state index in [0.29, 0.717) is 23.9 Å². The molecule has 2 saturated heterocycles. The van der Waals surface area contributed by atoms with Gasteiger partial charge < -0.3 is 10.2 Å². The van der Waals surface area contributed by atoms with Crippen molar-refractivity contribution in [3.05, 3.63) is 59.4 Å². The van der Waals surface area contributed by atoms with Crippen molar-refractivity contribution in [3.63, 3.8) is 0 Å². The van der Waals surface area contributed by atoms with Crippen LogP contribution in [0.5, 0.6) is 0 Å². The molecule has 1 spiro atoms. The summed E-state index contributed by atoms with van der Waals surface area (Å²) in [5.41, 5.74) is -1.65. The number of anilines is 1. The van der Waals surface area contributed by atoms with Crippen LogP contribution in [0.3, 0.4) is 0 Å². The monoisotopic (exact) mass is 560 g/mol. The van der Waals surface area contributed by atoms with Gasteiger partial charge in [0.2, 0.25) is 5.91 Å². The fourth-order valence-electron chi connectivity index (χ4n) is 5.22. The van der Waals surface area contributed by atoms with Gasteiger partial charge in [-0.25, -0.2) is 9.18 Å². The quantitative estimate of drug-likeness (QED) is 0.346. The molecular weight excluding hydrogens is 531 g/mol. The molecule has 0 saturated carbocycles. The third kappa shape index (κ3) is 5.16. The Morgan fingerprint density at radius 3 is 2.17 bits per heavy atom. The summed E-state index contributed by atoms with van der Waals surface area (Å²) in [5.74, 6) is -3.67. The minimum atomic E-state index is -4.78. The molecule has 40 heavy (non-hydrogen) atoms. The second kappa shape index (κ2) is 10.6. The van der Waals surface area contributed by atoms with Crippen molar-refractivity contribution < 1.29 is 36.7 Å². The highest BCUT2D eigenvalue weighted by molar-refractivity contribution is 6.32. The number of piperidine rings is 1. The summed E-state index contributed by atoms with van der Waals surface area (Å²) in [6, 6.07) is 7.07. The first kappa shape index (κ1) is 29.1. The number of nitrogens with zero attached hydrogens (tertiary/aromatic N) is 3. The van der Waals surface area contributed by atoms with Crippen LogP contribution in [0.1, 0.15) is 42.6 Å². The number of likely N-dealkylation sites (N-methyl/N-ethyl adjacent to an activating group) is 1. The number of hydrogen-bond donors (Lipinski definition) is 1. The van der Waals surface area contributed by atoms with Gasteiger partial charge in [-0.3, -0.25) is 24.2 Å². The first-order valence-corrected chi connectivity index (χ1v) is 12.8. The molecule has 2 aromatic carbocycles. The number of alkyl halides is 3. The zero-order valence-electron chi connectivity index (χ0n) is 22.5. The van der Waals surface area contributed by atoms with E-state index in [2.05, 4.69) is 5.32 Å². The van der Waals surface area contributed by atoms with Crippen molar-refractivity contribution in [2.24, 2.45) is 5.92 Å². The number of nitrogens with one attached hydrogen (secondary N) is 1. The molecule has 2 aliphatic rings. The third-order valence-electron chi connectivity index (χ3n) is 7.56. The second-order valence-electron chi connectivity index (χ2n) is 10.6. The average Bonchev–Trinajstić information content (AvgIpc) is 3.07. The Bertz CT molecular complexity index is 1340. The standard InChI is InChI=1S/C27H29BF4N4O4/c1-15(2)21(33-22(37)19-14-16(27(30,31)32)4-9-20(19)29)23(38)35-12-10-26(11-13-35)24(39)34(3)25(40)36(26)18-7-5-17(28)6-8-18/h4-9,14-15,21H,10-13,28H2,1-3H3,(H,33,37). The Balaban J connectivity index is 1.53. The summed E-state index contributed by atoms with van der Waals surface area (Å²) in [7, 11) is 3.31. The molecule has 0 bridgehead atoms. The van der Waals surface area contributed by atoms with Crippen molar-refractivity contribution >= 4 is 42.7 Å². The molecule has 1 atom stereocenters. The first-order valence-electron chi connectivity index (χ1n) is 12.8. The van der Waals surface area contributed by atoms with Crippen molar-refractivity contribution in [2.45, 2.75) is 44.4 Å². The number of rotatable bonds is 5. The molecule has 1 N–H and O–H groups in total. The smallest absolute Gasteiger partial charge is 0.341 e. The fourth-order valence-corrected chi connectivity index (χ4v) is 5.22. The van der Waals surface area contributed by atoms with Crippen LogP contribution < -0.4 is 15.7 Å². The largest absolute Gasteiger partial charge is 0.416 e. The van der Waals surface area contributed by atoms with E-state index in [9.17, 15) is 36.7 Å². The van der Waals surface area contributed by atoms with Crippen LogP contribution in [0.4, 0.5) is 28.0 Å². The summed E-state index contributed by atoms with van der Waals surface area (Å²) < 4.78 is 53.6. The van der Waals surface area contributed by atoms with Gasteiger partial charge >= 0.3 is 12.2 Å². The van der Waals surface area contributed by atoms with E-state index in [4.69, 9.17) is 0 Å². The Kier molecular flexibility index (Phi) is 7.70. The molecule has 4 rings (SSSR count). The summed E-state index contributed by atoms with van der Waals surface area (Å²) in [6.45, 7) is 3.46. The molecule has 0 aliphatic carbocycles. The molecule has 8 nitrogen and oxygen atoms in total. The lowest BCUT2D eigenvalue weighted by Crippen LogP contribution is -2.60. The van der Waals surface area contributed by atoms with Gasteiger partial charge in [0.05, 0.1) is 11.1 Å². The summed E-state index contributed by atoms with van der Waals surface area (Å²) in [5, 5.41) is 2.40. The highest BCUT2D eigenvalue weighted by Crippen LogP contribution is 2.40. The minimum absolute atomic E-state index is 0.0884. The number of amides is 5. The number of likely N-dealkylation sites (tertiary alicyclic amines) is 1. The number of imide groups is 1. The lowest BCUT2D eigenvalue weighted by Gasteiger charge is -2.43. The van der Waals surface area contributed by atoms with Gasteiger partial charge in [-0.2, -0.15) is 13.2 Å². The molecule has 212 valence electrons. The number of benzene rings is 2. The van der Waals surface area contributed by atoms with Gasteiger partial charge in [-0.05, 0) is 49.1 Å². The Morgan fingerprint density at radius 1 is 1.02 bits per heavy atom. The van der Waals surface area contributed by atoms with E-state index in [0.717, 1.165) is 10.4 Å².